The molecule has 1 aliphatic heterocycles. The van der Waals surface area contributed by atoms with Gasteiger partial charge in [0.05, 0.1) is 6.61 Å². The Morgan fingerprint density at radius 3 is 2.68 bits per heavy atom. The van der Waals surface area contributed by atoms with Crippen LogP contribution >= 0.6 is 12.2 Å². The van der Waals surface area contributed by atoms with Gasteiger partial charge in [-0.25, -0.2) is 0 Å². The lowest BCUT2D eigenvalue weighted by molar-refractivity contribution is -0.128. The number of carbonyl (C=O) groups excluding carboxylic acids is 3. The molecule has 0 atom stereocenters. The van der Waals surface area contributed by atoms with Gasteiger partial charge in [-0.1, -0.05) is 6.07 Å². The molecule has 1 saturated heterocycles. The van der Waals surface area contributed by atoms with Gasteiger partial charge in [0, 0.05) is 7.05 Å². The summed E-state index contributed by atoms with van der Waals surface area (Å²) in [5.41, 5.74) is 5.56. The van der Waals surface area contributed by atoms with Crippen molar-refractivity contribution in [3.05, 3.63) is 29.3 Å². The molecule has 1 heterocycles. The number of hydrogen-bond acceptors (Lipinski definition) is 6. The zero-order valence-electron chi connectivity index (χ0n) is 13.7. The molecule has 3 amide bonds. The highest BCUT2D eigenvalue weighted by Crippen LogP contribution is 2.29. The molecule has 1 aromatic rings. The van der Waals surface area contributed by atoms with Crippen LogP contribution in [0.15, 0.2) is 23.8 Å². The molecule has 0 aromatic heterocycles. The Morgan fingerprint density at radius 1 is 1.32 bits per heavy atom. The van der Waals surface area contributed by atoms with Crippen LogP contribution in [0, 0.1) is 0 Å². The Kier molecular flexibility index (Phi) is 5.71. The zero-order valence-corrected chi connectivity index (χ0v) is 14.5. The highest BCUT2D eigenvalue weighted by atomic mass is 32.1. The van der Waals surface area contributed by atoms with Crippen molar-refractivity contribution in [1.29, 1.82) is 0 Å². The van der Waals surface area contributed by atoms with Gasteiger partial charge in [0.15, 0.2) is 23.2 Å². The average molecular weight is 363 g/mol. The van der Waals surface area contributed by atoms with Gasteiger partial charge in [0.2, 0.25) is 0 Å². The van der Waals surface area contributed by atoms with E-state index in [-0.39, 0.29) is 17.3 Å². The summed E-state index contributed by atoms with van der Waals surface area (Å²) >= 11 is 4.89. The fourth-order valence-corrected chi connectivity index (χ4v) is 2.24. The summed E-state index contributed by atoms with van der Waals surface area (Å²) in [6.45, 7) is 1.87. The van der Waals surface area contributed by atoms with E-state index < -0.39 is 17.7 Å². The second kappa shape index (κ2) is 7.75. The van der Waals surface area contributed by atoms with E-state index in [9.17, 15) is 14.4 Å². The van der Waals surface area contributed by atoms with Crippen LogP contribution < -0.4 is 20.5 Å². The molecule has 0 bridgehead atoms. The van der Waals surface area contributed by atoms with Crippen LogP contribution in [0.5, 0.6) is 11.5 Å². The van der Waals surface area contributed by atoms with Gasteiger partial charge in [-0.3, -0.25) is 24.6 Å². The molecule has 25 heavy (non-hydrogen) atoms. The summed E-state index contributed by atoms with van der Waals surface area (Å²) in [6, 6.07) is 4.79. The predicted molar refractivity (Wildman–Crippen MR) is 93.8 cm³/mol. The number of amides is 3. The van der Waals surface area contributed by atoms with Crippen LogP contribution in [0.25, 0.3) is 6.08 Å². The van der Waals surface area contributed by atoms with Gasteiger partial charge in [-0.15, -0.1) is 0 Å². The minimum absolute atomic E-state index is 0.0515. The van der Waals surface area contributed by atoms with E-state index in [1.165, 1.54) is 18.0 Å². The molecule has 0 spiro atoms. The highest BCUT2D eigenvalue weighted by molar-refractivity contribution is 7.80. The second-order valence-electron chi connectivity index (χ2n) is 5.08. The number of benzene rings is 1. The maximum Gasteiger partial charge on any atom is 0.265 e. The molecule has 0 aliphatic carbocycles. The van der Waals surface area contributed by atoms with E-state index in [1.807, 2.05) is 0 Å². The molecule has 132 valence electrons. The standard InChI is InChI=1S/C16H17N3O5S/c1-3-23-12-7-9(4-5-11(12)24-8-13(17)20)6-10-14(21)18-16(25)19(2)15(10)22/h4-7H,3,8H2,1-2H3,(H2,17,20)(H,18,21,25)/b10-6+. The van der Waals surface area contributed by atoms with Crippen LogP contribution in [0.1, 0.15) is 12.5 Å². The lowest BCUT2D eigenvalue weighted by atomic mass is 10.1. The topological polar surface area (TPSA) is 111 Å². The summed E-state index contributed by atoms with van der Waals surface area (Å²) in [5, 5.41) is 2.49. The second-order valence-corrected chi connectivity index (χ2v) is 5.46. The Hall–Kier alpha value is -2.94. The minimum atomic E-state index is -0.614. The maximum absolute atomic E-state index is 12.2. The monoisotopic (exact) mass is 363 g/mol. The number of rotatable bonds is 6. The first-order chi connectivity index (χ1) is 11.8. The summed E-state index contributed by atoms with van der Waals surface area (Å²) < 4.78 is 10.7. The number of hydrogen-bond donors (Lipinski definition) is 2. The molecule has 2 rings (SSSR count). The van der Waals surface area contributed by atoms with E-state index >= 15 is 0 Å². The number of ether oxygens (including phenoxy) is 2. The van der Waals surface area contributed by atoms with Crippen LogP contribution in [-0.2, 0) is 14.4 Å². The average Bonchev–Trinajstić information content (AvgIpc) is 2.56. The third kappa shape index (κ3) is 4.32. The number of thiocarbonyl (C=S) groups is 1. The van der Waals surface area contributed by atoms with Crippen molar-refractivity contribution in [2.75, 3.05) is 20.3 Å². The number of nitrogens with one attached hydrogen (secondary N) is 1. The quantitative estimate of drug-likeness (QED) is 0.424. The Morgan fingerprint density at radius 2 is 2.04 bits per heavy atom. The number of nitrogens with two attached hydrogens (primary N) is 1. The molecule has 1 aliphatic rings. The zero-order chi connectivity index (χ0) is 18.6. The number of likely N-dealkylation sites (N-methyl/N-ethyl adjacent to an activating group) is 1. The van der Waals surface area contributed by atoms with Crippen LogP contribution in [-0.4, -0.2) is 48.0 Å². The van der Waals surface area contributed by atoms with Crippen molar-refractivity contribution in [1.82, 2.24) is 10.2 Å². The Labute approximate surface area is 149 Å². The van der Waals surface area contributed by atoms with Gasteiger partial charge >= 0.3 is 0 Å². The van der Waals surface area contributed by atoms with E-state index in [4.69, 9.17) is 27.4 Å². The molecule has 1 aromatic carbocycles. The number of carbonyl (C=O) groups is 3. The Balaban J connectivity index is 2.34. The summed E-state index contributed by atoms with van der Waals surface area (Å²) in [5.74, 6) is -0.982. The molecule has 1 fully saturated rings. The molecule has 0 radical (unpaired) electrons. The summed E-state index contributed by atoms with van der Waals surface area (Å²) in [7, 11) is 1.48. The third-order valence-corrected chi connectivity index (χ3v) is 3.63. The number of primary amides is 1. The fourth-order valence-electron chi connectivity index (χ4n) is 2.06. The van der Waals surface area contributed by atoms with Crippen LogP contribution in [0.2, 0.25) is 0 Å². The predicted octanol–water partition coefficient (Wildman–Crippen LogP) is 0.206. The van der Waals surface area contributed by atoms with Crippen molar-refractivity contribution >= 4 is 41.1 Å². The molecule has 0 saturated carbocycles. The number of nitrogens with zero attached hydrogens (tertiary/aromatic N) is 1. The lowest BCUT2D eigenvalue weighted by Gasteiger charge is -2.25. The lowest BCUT2D eigenvalue weighted by Crippen LogP contribution is -2.52. The molecule has 0 unspecified atom stereocenters. The summed E-state index contributed by atoms with van der Waals surface area (Å²) in [6.07, 6.45) is 1.43. The van der Waals surface area contributed by atoms with Gasteiger partial charge in [-0.05, 0) is 42.9 Å². The normalized spacial score (nSPS) is 16.0. The molecular formula is C16H17N3O5S. The van der Waals surface area contributed by atoms with Gasteiger partial charge in [0.25, 0.3) is 17.7 Å². The summed E-state index contributed by atoms with van der Waals surface area (Å²) in [4.78, 5) is 36.2. The van der Waals surface area contributed by atoms with Crippen molar-refractivity contribution in [3.8, 4) is 11.5 Å². The van der Waals surface area contributed by atoms with E-state index in [0.29, 0.717) is 23.7 Å². The molecular weight excluding hydrogens is 346 g/mol. The first kappa shape index (κ1) is 18.4. The SMILES string of the molecule is CCOc1cc(/C=C2\C(=O)NC(=S)N(C)C2=O)ccc1OCC(N)=O. The van der Waals surface area contributed by atoms with Crippen molar-refractivity contribution < 1.29 is 23.9 Å². The van der Waals surface area contributed by atoms with E-state index in [0.717, 1.165) is 0 Å². The third-order valence-electron chi connectivity index (χ3n) is 3.25. The smallest absolute Gasteiger partial charge is 0.265 e. The van der Waals surface area contributed by atoms with Gasteiger partial charge in [-0.2, -0.15) is 0 Å². The first-order valence-corrected chi connectivity index (χ1v) is 7.77. The van der Waals surface area contributed by atoms with Crippen molar-refractivity contribution in [2.24, 2.45) is 5.73 Å². The van der Waals surface area contributed by atoms with Crippen molar-refractivity contribution in [2.45, 2.75) is 6.92 Å². The minimum Gasteiger partial charge on any atom is -0.490 e. The van der Waals surface area contributed by atoms with Gasteiger partial charge in [0.1, 0.15) is 5.57 Å². The van der Waals surface area contributed by atoms with Crippen LogP contribution in [0.3, 0.4) is 0 Å². The maximum atomic E-state index is 12.2. The van der Waals surface area contributed by atoms with Crippen molar-refractivity contribution in [3.63, 3.8) is 0 Å². The first-order valence-electron chi connectivity index (χ1n) is 7.36. The highest BCUT2D eigenvalue weighted by Gasteiger charge is 2.30. The van der Waals surface area contributed by atoms with Gasteiger partial charge < -0.3 is 15.2 Å². The fraction of sp³-hybridized carbons (Fsp3) is 0.250. The molecule has 3 N–H and O–H groups in total. The van der Waals surface area contributed by atoms with E-state index in [1.54, 1.807) is 25.1 Å². The Bertz CT molecular complexity index is 775. The molecule has 8 nitrogen and oxygen atoms in total. The van der Waals surface area contributed by atoms with Crippen LogP contribution in [0.4, 0.5) is 0 Å². The largest absolute Gasteiger partial charge is 0.490 e. The van der Waals surface area contributed by atoms with E-state index in [2.05, 4.69) is 5.32 Å². The molecule has 9 heteroatoms.